The maximum Gasteiger partial charge on any atom is 0.234 e. The van der Waals surface area contributed by atoms with Crippen LogP contribution in [0.1, 0.15) is 175 Å². The molecule has 39 heavy (non-hydrogen) atoms. The SMILES string of the molecule is CCCCCCCCCCCCCCOC(C)(CNC(=O)CNC)OCCCCCCCCCCCCCC. The summed E-state index contributed by atoms with van der Waals surface area (Å²) < 4.78 is 12.4. The predicted octanol–water partition coefficient (Wildman–Crippen LogP) is 9.47. The van der Waals surface area contributed by atoms with E-state index in [0.717, 1.165) is 12.8 Å². The molecule has 5 nitrogen and oxygen atoms in total. The van der Waals surface area contributed by atoms with E-state index in [1.54, 1.807) is 7.05 Å². The van der Waals surface area contributed by atoms with Crippen molar-refractivity contribution in [1.29, 1.82) is 0 Å². The number of carbonyl (C=O) groups is 1. The van der Waals surface area contributed by atoms with Crippen LogP contribution in [0.5, 0.6) is 0 Å². The molecule has 0 fully saturated rings. The van der Waals surface area contributed by atoms with Gasteiger partial charge in [0.2, 0.25) is 5.91 Å². The van der Waals surface area contributed by atoms with Crippen LogP contribution < -0.4 is 10.6 Å². The van der Waals surface area contributed by atoms with Gasteiger partial charge in [-0.15, -0.1) is 0 Å². The van der Waals surface area contributed by atoms with E-state index in [-0.39, 0.29) is 5.91 Å². The lowest BCUT2D eigenvalue weighted by atomic mass is 10.1. The van der Waals surface area contributed by atoms with Gasteiger partial charge in [0.15, 0.2) is 5.79 Å². The summed E-state index contributed by atoms with van der Waals surface area (Å²) in [6.45, 7) is 8.62. The van der Waals surface area contributed by atoms with Gasteiger partial charge in [-0.2, -0.15) is 0 Å². The second-order valence-electron chi connectivity index (χ2n) is 11.9. The lowest BCUT2D eigenvalue weighted by Gasteiger charge is -2.30. The molecular weight excluding hydrogens is 484 g/mol. The van der Waals surface area contributed by atoms with Crippen molar-refractivity contribution < 1.29 is 14.3 Å². The quantitative estimate of drug-likeness (QED) is 0.0642. The highest BCUT2D eigenvalue weighted by atomic mass is 16.7. The molecule has 0 aromatic rings. The van der Waals surface area contributed by atoms with Crippen molar-refractivity contribution in [3.63, 3.8) is 0 Å². The molecule has 0 aliphatic carbocycles. The molecule has 2 N–H and O–H groups in total. The Balaban J connectivity index is 3.93. The largest absolute Gasteiger partial charge is 0.350 e. The number of amides is 1. The van der Waals surface area contributed by atoms with E-state index in [0.29, 0.717) is 26.3 Å². The average Bonchev–Trinajstić information content (AvgIpc) is 2.93. The summed E-state index contributed by atoms with van der Waals surface area (Å²) in [7, 11) is 1.78. The van der Waals surface area contributed by atoms with Crippen LogP contribution in [-0.2, 0) is 14.3 Å². The van der Waals surface area contributed by atoms with Crippen LogP contribution in [-0.4, -0.2) is 45.0 Å². The number of hydrogen-bond acceptors (Lipinski definition) is 4. The van der Waals surface area contributed by atoms with Gasteiger partial charge in [0, 0.05) is 0 Å². The summed E-state index contributed by atoms with van der Waals surface area (Å²) in [5.74, 6) is -0.773. The van der Waals surface area contributed by atoms with Crippen molar-refractivity contribution in [2.45, 2.75) is 181 Å². The van der Waals surface area contributed by atoms with Crippen molar-refractivity contribution in [2.75, 3.05) is 33.4 Å². The van der Waals surface area contributed by atoms with Gasteiger partial charge in [-0.1, -0.05) is 155 Å². The number of hydrogen-bond donors (Lipinski definition) is 2. The van der Waals surface area contributed by atoms with Crippen LogP contribution in [0.25, 0.3) is 0 Å². The molecule has 0 heterocycles. The van der Waals surface area contributed by atoms with Crippen LogP contribution >= 0.6 is 0 Å². The Morgan fingerprint density at radius 2 is 0.846 bits per heavy atom. The van der Waals surface area contributed by atoms with Gasteiger partial charge in [-0.3, -0.25) is 4.79 Å². The second kappa shape index (κ2) is 30.3. The molecule has 0 radical (unpaired) electrons. The maximum absolute atomic E-state index is 12.0. The maximum atomic E-state index is 12.0. The monoisotopic (exact) mass is 555 g/mol. The fraction of sp³-hybridized carbons (Fsp3) is 0.971. The normalized spacial score (nSPS) is 11.8. The molecule has 0 rings (SSSR count). The van der Waals surface area contributed by atoms with Crippen molar-refractivity contribution in [1.82, 2.24) is 10.6 Å². The van der Waals surface area contributed by atoms with Crippen LogP contribution in [0.3, 0.4) is 0 Å². The molecule has 0 bridgehead atoms. The number of carbonyl (C=O) groups excluding carboxylic acids is 1. The molecule has 0 aliphatic heterocycles. The first-order chi connectivity index (χ1) is 19.1. The lowest BCUT2D eigenvalue weighted by Crippen LogP contribution is -2.47. The lowest BCUT2D eigenvalue weighted by molar-refractivity contribution is -0.223. The van der Waals surface area contributed by atoms with E-state index in [1.807, 2.05) is 6.92 Å². The Hall–Kier alpha value is -0.650. The van der Waals surface area contributed by atoms with E-state index in [1.165, 1.54) is 141 Å². The highest BCUT2D eigenvalue weighted by Gasteiger charge is 2.26. The summed E-state index contributed by atoms with van der Waals surface area (Å²) in [4.78, 5) is 12.0. The molecule has 0 aromatic heterocycles. The fourth-order valence-electron chi connectivity index (χ4n) is 5.09. The molecule has 0 spiro atoms. The number of rotatable bonds is 32. The molecule has 0 atom stereocenters. The Kier molecular flexibility index (Phi) is 29.8. The van der Waals surface area contributed by atoms with Crippen molar-refractivity contribution >= 4 is 5.91 Å². The number of unbranched alkanes of at least 4 members (excludes halogenated alkanes) is 22. The van der Waals surface area contributed by atoms with Crippen LogP contribution in [0.2, 0.25) is 0 Å². The predicted molar refractivity (Wildman–Crippen MR) is 169 cm³/mol. The van der Waals surface area contributed by atoms with Gasteiger partial charge < -0.3 is 20.1 Å². The minimum absolute atomic E-state index is 0.0216. The minimum Gasteiger partial charge on any atom is -0.350 e. The van der Waals surface area contributed by atoms with Gasteiger partial charge in [-0.25, -0.2) is 0 Å². The molecule has 0 aromatic carbocycles. The van der Waals surface area contributed by atoms with Gasteiger partial charge in [0.05, 0.1) is 26.3 Å². The van der Waals surface area contributed by atoms with Crippen molar-refractivity contribution in [3.05, 3.63) is 0 Å². The molecule has 0 aliphatic rings. The fourth-order valence-corrected chi connectivity index (χ4v) is 5.09. The van der Waals surface area contributed by atoms with E-state index in [9.17, 15) is 4.79 Å². The molecule has 234 valence electrons. The van der Waals surface area contributed by atoms with Crippen molar-refractivity contribution in [3.8, 4) is 0 Å². The molecule has 0 saturated carbocycles. The van der Waals surface area contributed by atoms with Gasteiger partial charge in [-0.05, 0) is 26.8 Å². The first-order valence-electron chi connectivity index (χ1n) is 17.3. The zero-order chi connectivity index (χ0) is 28.7. The highest BCUT2D eigenvalue weighted by molar-refractivity contribution is 5.77. The number of likely N-dealkylation sites (N-methyl/N-ethyl adjacent to an activating group) is 1. The van der Waals surface area contributed by atoms with Gasteiger partial charge >= 0.3 is 0 Å². The first-order valence-corrected chi connectivity index (χ1v) is 17.3. The topological polar surface area (TPSA) is 59.6 Å². The highest BCUT2D eigenvalue weighted by Crippen LogP contribution is 2.17. The van der Waals surface area contributed by atoms with Crippen LogP contribution in [0.4, 0.5) is 0 Å². The number of ether oxygens (including phenoxy) is 2. The molecular formula is C34H70N2O3. The summed E-state index contributed by atoms with van der Waals surface area (Å²) in [6.07, 6.45) is 32.0. The third kappa shape index (κ3) is 28.7. The third-order valence-corrected chi connectivity index (χ3v) is 7.75. The van der Waals surface area contributed by atoms with Crippen molar-refractivity contribution in [2.24, 2.45) is 0 Å². The Bertz CT molecular complexity index is 471. The smallest absolute Gasteiger partial charge is 0.234 e. The standard InChI is InChI=1S/C34H70N2O3/c1-5-7-9-11-13-15-17-19-21-23-25-27-29-38-34(3,32-36-33(37)31-35-4)39-30-28-26-24-22-20-18-16-14-12-10-8-6-2/h35H,5-32H2,1-4H3,(H,36,37). The summed E-state index contributed by atoms with van der Waals surface area (Å²) in [5, 5.41) is 5.87. The summed E-state index contributed by atoms with van der Waals surface area (Å²) in [6, 6.07) is 0. The Morgan fingerprint density at radius 1 is 0.538 bits per heavy atom. The average molecular weight is 555 g/mol. The molecule has 1 amide bonds. The third-order valence-electron chi connectivity index (χ3n) is 7.75. The zero-order valence-electron chi connectivity index (χ0n) is 27.0. The van der Waals surface area contributed by atoms with Crippen LogP contribution in [0, 0.1) is 0 Å². The summed E-state index contributed by atoms with van der Waals surface area (Å²) >= 11 is 0. The molecule has 0 unspecified atom stereocenters. The van der Waals surface area contributed by atoms with E-state index in [4.69, 9.17) is 9.47 Å². The van der Waals surface area contributed by atoms with Gasteiger partial charge in [0.25, 0.3) is 0 Å². The molecule has 0 saturated heterocycles. The Labute approximate surface area is 244 Å². The minimum atomic E-state index is -0.751. The van der Waals surface area contributed by atoms with Crippen LogP contribution in [0.15, 0.2) is 0 Å². The first kappa shape index (κ1) is 38.4. The van der Waals surface area contributed by atoms with Gasteiger partial charge in [0.1, 0.15) is 0 Å². The second-order valence-corrected chi connectivity index (χ2v) is 11.9. The molecule has 5 heteroatoms. The zero-order valence-corrected chi connectivity index (χ0v) is 27.0. The van der Waals surface area contributed by atoms with E-state index in [2.05, 4.69) is 24.5 Å². The Morgan fingerprint density at radius 3 is 1.15 bits per heavy atom. The van der Waals surface area contributed by atoms with E-state index < -0.39 is 5.79 Å². The summed E-state index contributed by atoms with van der Waals surface area (Å²) in [5.41, 5.74) is 0. The number of nitrogens with one attached hydrogen (secondary N) is 2. The van der Waals surface area contributed by atoms with E-state index >= 15 is 0 Å².